The van der Waals surface area contributed by atoms with E-state index in [1.807, 2.05) is 0 Å². The van der Waals surface area contributed by atoms with Gasteiger partial charge in [-0.25, -0.2) is 0 Å². The Kier molecular flexibility index (Phi) is 8.09. The number of rotatable bonds is 4. The van der Waals surface area contributed by atoms with Crippen LogP contribution in [0.3, 0.4) is 0 Å². The normalized spacial score (nSPS) is 8.91. The van der Waals surface area contributed by atoms with Crippen molar-refractivity contribution in [1.82, 2.24) is 4.90 Å². The molecule has 5 nitrogen and oxygen atoms in total. The summed E-state index contributed by atoms with van der Waals surface area (Å²) in [5, 5.41) is 16.3. The molecule has 0 aromatic carbocycles. The van der Waals surface area contributed by atoms with Gasteiger partial charge in [0.2, 0.25) is 0 Å². The van der Waals surface area contributed by atoms with Gasteiger partial charge in [-0.05, 0) is 7.05 Å². The van der Waals surface area contributed by atoms with Crippen LogP contribution in [0, 0.1) is 0 Å². The zero-order valence-corrected chi connectivity index (χ0v) is 8.57. The first-order chi connectivity index (χ1) is 4.52. The van der Waals surface area contributed by atoms with Crippen LogP contribution in [0.1, 0.15) is 1.43 Å². The molecule has 0 aliphatic carbocycles. The molecule has 0 spiro atoms. The standard InChI is InChI=1S/C5H9NO4.Na.H/c1-6(2-4(7)8)3-5(9)10;;/h2-3H2,1H3,(H,7,8)(H,9,10);;/q;+1;-1. The maximum absolute atomic E-state index is 9.96. The third kappa shape index (κ3) is 9.90. The molecule has 0 saturated heterocycles. The number of likely N-dealkylation sites (N-methyl/N-ethyl adjacent to an activating group) is 1. The molecule has 0 amide bonds. The van der Waals surface area contributed by atoms with Gasteiger partial charge in [0, 0.05) is 0 Å². The molecule has 0 unspecified atom stereocenters. The van der Waals surface area contributed by atoms with Gasteiger partial charge in [-0.15, -0.1) is 0 Å². The van der Waals surface area contributed by atoms with Crippen molar-refractivity contribution in [2.75, 3.05) is 20.1 Å². The summed E-state index contributed by atoms with van der Waals surface area (Å²) in [6, 6.07) is 0. The number of carboxylic acid groups (broad SMARTS) is 2. The van der Waals surface area contributed by atoms with Crippen molar-refractivity contribution in [3.8, 4) is 0 Å². The van der Waals surface area contributed by atoms with Gasteiger partial charge in [0.1, 0.15) is 0 Å². The van der Waals surface area contributed by atoms with Crippen molar-refractivity contribution in [2.45, 2.75) is 0 Å². The van der Waals surface area contributed by atoms with Crippen molar-refractivity contribution in [1.29, 1.82) is 0 Å². The van der Waals surface area contributed by atoms with E-state index in [9.17, 15) is 9.59 Å². The topological polar surface area (TPSA) is 77.8 Å². The van der Waals surface area contributed by atoms with Gasteiger partial charge in [0.25, 0.3) is 0 Å². The Bertz CT molecular complexity index is 138. The monoisotopic (exact) mass is 171 g/mol. The molecule has 11 heavy (non-hydrogen) atoms. The van der Waals surface area contributed by atoms with Crippen molar-refractivity contribution in [2.24, 2.45) is 0 Å². The Balaban J connectivity index is -0.000000405. The van der Waals surface area contributed by atoms with E-state index in [2.05, 4.69) is 0 Å². The van der Waals surface area contributed by atoms with Crippen molar-refractivity contribution >= 4 is 11.9 Å². The largest absolute Gasteiger partial charge is 1.00 e. The summed E-state index contributed by atoms with van der Waals surface area (Å²) in [5.74, 6) is -2.05. The second kappa shape index (κ2) is 6.60. The molecule has 6 heteroatoms. The molecule has 2 N–H and O–H groups in total. The minimum Gasteiger partial charge on any atom is -1.00 e. The number of nitrogens with zero attached hydrogens (tertiary/aromatic N) is 1. The number of hydrogen-bond acceptors (Lipinski definition) is 3. The molecule has 0 radical (unpaired) electrons. The maximum atomic E-state index is 9.96. The summed E-state index contributed by atoms with van der Waals surface area (Å²) in [6.07, 6.45) is 0. The van der Waals surface area contributed by atoms with Gasteiger partial charge in [-0.2, -0.15) is 0 Å². The minimum absolute atomic E-state index is 0. The van der Waals surface area contributed by atoms with Crippen LogP contribution in [-0.2, 0) is 9.59 Å². The van der Waals surface area contributed by atoms with E-state index in [1.165, 1.54) is 11.9 Å². The summed E-state index contributed by atoms with van der Waals surface area (Å²) in [5.41, 5.74) is 0. The summed E-state index contributed by atoms with van der Waals surface area (Å²) in [6.45, 7) is -0.488. The molecule has 0 aliphatic heterocycles. The fourth-order valence-electron chi connectivity index (χ4n) is 0.518. The van der Waals surface area contributed by atoms with Crippen LogP contribution in [0.25, 0.3) is 0 Å². The molecule has 0 bridgehead atoms. The smallest absolute Gasteiger partial charge is 1.00 e. The van der Waals surface area contributed by atoms with Crippen LogP contribution in [0.5, 0.6) is 0 Å². The van der Waals surface area contributed by atoms with Crippen LogP contribution < -0.4 is 29.6 Å². The fourth-order valence-corrected chi connectivity index (χ4v) is 0.518. The Labute approximate surface area is 87.8 Å². The van der Waals surface area contributed by atoms with Gasteiger partial charge in [0.05, 0.1) is 13.1 Å². The summed E-state index contributed by atoms with van der Waals surface area (Å²) in [4.78, 5) is 21.1. The average molecular weight is 171 g/mol. The molecule has 0 rings (SSSR count). The number of hydrogen-bond donors (Lipinski definition) is 2. The SMILES string of the molecule is CN(CC(=O)O)CC(=O)O.[H-].[Na+]. The minimum atomic E-state index is -1.02. The predicted molar refractivity (Wildman–Crippen MR) is 33.9 cm³/mol. The van der Waals surface area contributed by atoms with Crippen molar-refractivity contribution < 1.29 is 50.8 Å². The van der Waals surface area contributed by atoms with Gasteiger partial charge in [0.15, 0.2) is 0 Å². The van der Waals surface area contributed by atoms with Crippen LogP contribution in [0.15, 0.2) is 0 Å². The average Bonchev–Trinajstić information content (AvgIpc) is 1.58. The Morgan fingerprint density at radius 1 is 1.27 bits per heavy atom. The first-order valence-electron chi connectivity index (χ1n) is 2.64. The van der Waals surface area contributed by atoms with E-state index >= 15 is 0 Å². The summed E-state index contributed by atoms with van der Waals surface area (Å²) in [7, 11) is 1.43. The Morgan fingerprint density at radius 3 is 1.73 bits per heavy atom. The fraction of sp³-hybridized carbons (Fsp3) is 0.600. The number of carbonyl (C=O) groups is 2. The molecule has 60 valence electrons. The first kappa shape index (κ1) is 13.5. The summed E-state index contributed by atoms with van der Waals surface area (Å²) >= 11 is 0. The third-order valence-electron chi connectivity index (χ3n) is 0.810. The Morgan fingerprint density at radius 2 is 1.55 bits per heavy atom. The molecule has 0 atom stereocenters. The van der Waals surface area contributed by atoms with E-state index < -0.39 is 11.9 Å². The summed E-state index contributed by atoms with van der Waals surface area (Å²) < 4.78 is 0. The zero-order valence-electron chi connectivity index (χ0n) is 7.57. The van der Waals surface area contributed by atoms with Crippen LogP contribution in [0.2, 0.25) is 0 Å². The molecule has 0 fully saturated rings. The molecule has 0 heterocycles. The molecular formula is C5H10NNaO4. The maximum Gasteiger partial charge on any atom is 1.00 e. The zero-order chi connectivity index (χ0) is 8.15. The van der Waals surface area contributed by atoms with Gasteiger partial charge in [-0.1, -0.05) is 0 Å². The van der Waals surface area contributed by atoms with E-state index in [0.717, 1.165) is 0 Å². The second-order valence-corrected chi connectivity index (χ2v) is 1.96. The molecule has 0 saturated carbocycles. The quantitative estimate of drug-likeness (QED) is 0.424. The van der Waals surface area contributed by atoms with Gasteiger partial charge >= 0.3 is 41.5 Å². The van der Waals surface area contributed by atoms with Gasteiger partial charge < -0.3 is 11.6 Å². The predicted octanol–water partition coefficient (Wildman–Crippen LogP) is -3.80. The van der Waals surface area contributed by atoms with Crippen LogP contribution in [-0.4, -0.2) is 47.2 Å². The Hall–Kier alpha value is -0.100. The second-order valence-electron chi connectivity index (χ2n) is 1.96. The van der Waals surface area contributed by atoms with E-state index in [4.69, 9.17) is 10.2 Å². The number of aliphatic carboxylic acids is 2. The molecule has 0 aliphatic rings. The van der Waals surface area contributed by atoms with Gasteiger partial charge in [-0.3, -0.25) is 14.5 Å². The first-order valence-corrected chi connectivity index (χ1v) is 2.64. The van der Waals surface area contributed by atoms with Crippen LogP contribution >= 0.6 is 0 Å². The molecule has 0 aromatic heterocycles. The molecular weight excluding hydrogens is 161 g/mol. The van der Waals surface area contributed by atoms with Crippen molar-refractivity contribution in [3.63, 3.8) is 0 Å². The van der Waals surface area contributed by atoms with E-state index in [0.29, 0.717) is 0 Å². The molecule has 0 aromatic rings. The van der Waals surface area contributed by atoms with E-state index in [1.54, 1.807) is 0 Å². The van der Waals surface area contributed by atoms with E-state index in [-0.39, 0.29) is 44.1 Å². The number of carboxylic acids is 2. The van der Waals surface area contributed by atoms with Crippen molar-refractivity contribution in [3.05, 3.63) is 0 Å². The third-order valence-corrected chi connectivity index (χ3v) is 0.810. The van der Waals surface area contributed by atoms with Crippen LogP contribution in [0.4, 0.5) is 0 Å².